The molecule has 2 nitrogen and oxygen atoms in total. The SMILES string of the molecule is CCCC[N+](CCCC)(CCCC)C(=O)c1ccccc1.[Cl-]. The summed E-state index contributed by atoms with van der Waals surface area (Å²) in [5.41, 5.74) is 0.876. The minimum absolute atomic E-state index is 0. The molecule has 1 amide bonds. The van der Waals surface area contributed by atoms with E-state index in [-0.39, 0.29) is 12.4 Å². The van der Waals surface area contributed by atoms with Gasteiger partial charge in [-0.15, -0.1) is 0 Å². The summed E-state index contributed by atoms with van der Waals surface area (Å²) in [5, 5.41) is 0. The van der Waals surface area contributed by atoms with Gasteiger partial charge < -0.3 is 12.4 Å². The maximum atomic E-state index is 13.2. The zero-order valence-electron chi connectivity index (χ0n) is 14.5. The van der Waals surface area contributed by atoms with E-state index in [1.165, 1.54) is 0 Å². The predicted octanol–water partition coefficient (Wildman–Crippen LogP) is 2.05. The molecule has 0 N–H and O–H groups in total. The van der Waals surface area contributed by atoms with E-state index in [2.05, 4.69) is 20.8 Å². The summed E-state index contributed by atoms with van der Waals surface area (Å²) in [7, 11) is 0. The standard InChI is InChI=1S/C19H32NO.ClH/c1-4-7-15-20(16-8-5-2,17-9-6-3)19(21)18-13-11-10-12-14-18;/h10-14H,4-9,15-17H2,1-3H3;1H/q+1;/p-1. The maximum Gasteiger partial charge on any atom is 0.345 e. The normalized spacial score (nSPS) is 11.0. The molecule has 0 fully saturated rings. The fraction of sp³-hybridized carbons (Fsp3) is 0.632. The first kappa shape index (κ1) is 21.1. The average molecular weight is 326 g/mol. The number of unbranched alkanes of at least 4 members (excludes halogenated alkanes) is 3. The molecule has 0 aliphatic carbocycles. The Balaban J connectivity index is 0.00000441. The number of nitrogens with zero attached hydrogens (tertiary/aromatic N) is 1. The van der Waals surface area contributed by atoms with Crippen molar-refractivity contribution in [1.29, 1.82) is 0 Å². The smallest absolute Gasteiger partial charge is 0.345 e. The van der Waals surface area contributed by atoms with Gasteiger partial charge in [-0.2, -0.15) is 0 Å². The summed E-state index contributed by atoms with van der Waals surface area (Å²) >= 11 is 0. The van der Waals surface area contributed by atoms with Crippen molar-refractivity contribution >= 4 is 5.91 Å². The molecule has 1 aromatic carbocycles. The summed E-state index contributed by atoms with van der Waals surface area (Å²) in [4.78, 5) is 13.2. The number of halogens is 1. The van der Waals surface area contributed by atoms with Gasteiger partial charge in [-0.05, 0) is 31.4 Å². The third-order valence-corrected chi connectivity index (χ3v) is 4.27. The molecule has 1 aromatic rings. The molecular formula is C19H32ClNO. The van der Waals surface area contributed by atoms with E-state index < -0.39 is 0 Å². The van der Waals surface area contributed by atoms with Gasteiger partial charge in [0, 0.05) is 0 Å². The maximum absolute atomic E-state index is 13.2. The molecule has 0 saturated heterocycles. The molecule has 0 spiro atoms. The van der Waals surface area contributed by atoms with Gasteiger partial charge in [-0.1, -0.05) is 58.2 Å². The Morgan fingerprint density at radius 1 is 0.818 bits per heavy atom. The summed E-state index contributed by atoms with van der Waals surface area (Å²) in [6.45, 7) is 9.60. The number of hydrogen-bond acceptors (Lipinski definition) is 1. The lowest BCUT2D eigenvalue weighted by Gasteiger charge is -2.36. The molecule has 0 aliphatic heterocycles. The van der Waals surface area contributed by atoms with Crippen molar-refractivity contribution in [2.24, 2.45) is 0 Å². The summed E-state index contributed by atoms with van der Waals surface area (Å²) in [6.07, 6.45) is 6.85. The van der Waals surface area contributed by atoms with Crippen molar-refractivity contribution in [3.8, 4) is 0 Å². The number of rotatable bonds is 10. The minimum atomic E-state index is 0. The monoisotopic (exact) mass is 325 g/mol. The van der Waals surface area contributed by atoms with Crippen molar-refractivity contribution in [3.05, 3.63) is 35.9 Å². The molecule has 22 heavy (non-hydrogen) atoms. The van der Waals surface area contributed by atoms with Gasteiger partial charge in [-0.3, -0.25) is 4.48 Å². The van der Waals surface area contributed by atoms with Crippen LogP contribution in [0.4, 0.5) is 0 Å². The average Bonchev–Trinajstić information content (AvgIpc) is 2.55. The lowest BCUT2D eigenvalue weighted by atomic mass is 10.1. The molecule has 3 heteroatoms. The van der Waals surface area contributed by atoms with Crippen LogP contribution in [-0.2, 0) is 0 Å². The van der Waals surface area contributed by atoms with Crippen molar-refractivity contribution in [1.82, 2.24) is 0 Å². The molecule has 1 rings (SSSR count). The molecule has 0 bridgehead atoms. The fourth-order valence-corrected chi connectivity index (χ4v) is 2.88. The Morgan fingerprint density at radius 3 is 1.59 bits per heavy atom. The molecule has 0 saturated carbocycles. The topological polar surface area (TPSA) is 17.1 Å². The lowest BCUT2D eigenvalue weighted by Crippen LogP contribution is -3.00. The van der Waals surface area contributed by atoms with Gasteiger partial charge in [0.25, 0.3) is 0 Å². The quantitative estimate of drug-likeness (QED) is 0.602. The Kier molecular flexibility index (Phi) is 11.2. The summed E-state index contributed by atoms with van der Waals surface area (Å²) in [5.74, 6) is 0.325. The molecule has 126 valence electrons. The second-order valence-electron chi connectivity index (χ2n) is 6.05. The Hall–Kier alpha value is -0.860. The number of carbonyl (C=O) groups is 1. The lowest BCUT2D eigenvalue weighted by molar-refractivity contribution is -0.850. The van der Waals surface area contributed by atoms with E-state index in [0.29, 0.717) is 10.4 Å². The van der Waals surface area contributed by atoms with Crippen molar-refractivity contribution in [2.45, 2.75) is 59.3 Å². The molecular weight excluding hydrogens is 294 g/mol. The summed E-state index contributed by atoms with van der Waals surface area (Å²) in [6, 6.07) is 9.87. The first-order valence-corrected chi connectivity index (χ1v) is 8.66. The van der Waals surface area contributed by atoms with E-state index >= 15 is 0 Å². The molecule has 0 heterocycles. The molecule has 0 unspecified atom stereocenters. The molecule has 0 aliphatic rings. The molecule has 0 radical (unpaired) electrons. The fourth-order valence-electron chi connectivity index (χ4n) is 2.88. The first-order chi connectivity index (χ1) is 10.2. The second kappa shape index (κ2) is 11.7. The van der Waals surface area contributed by atoms with Crippen LogP contribution in [0, 0.1) is 0 Å². The largest absolute Gasteiger partial charge is 1.00 e. The highest BCUT2D eigenvalue weighted by molar-refractivity contribution is 5.88. The van der Waals surface area contributed by atoms with Crippen LogP contribution in [0.15, 0.2) is 30.3 Å². The number of hydrogen-bond donors (Lipinski definition) is 0. The summed E-state index contributed by atoms with van der Waals surface area (Å²) < 4.78 is 0.652. The van der Waals surface area contributed by atoms with E-state index in [4.69, 9.17) is 0 Å². The third kappa shape index (κ3) is 6.10. The highest BCUT2D eigenvalue weighted by atomic mass is 35.5. The zero-order valence-corrected chi connectivity index (χ0v) is 15.2. The van der Waals surface area contributed by atoms with E-state index in [1.54, 1.807) is 0 Å². The minimum Gasteiger partial charge on any atom is -1.00 e. The third-order valence-electron chi connectivity index (χ3n) is 4.27. The van der Waals surface area contributed by atoms with Crippen molar-refractivity contribution in [3.63, 3.8) is 0 Å². The van der Waals surface area contributed by atoms with Crippen LogP contribution in [0.1, 0.15) is 69.7 Å². The van der Waals surface area contributed by atoms with Crippen molar-refractivity contribution < 1.29 is 21.7 Å². The van der Waals surface area contributed by atoms with Gasteiger partial charge in [0.2, 0.25) is 0 Å². The van der Waals surface area contributed by atoms with Crippen molar-refractivity contribution in [2.75, 3.05) is 19.6 Å². The van der Waals surface area contributed by atoms with Gasteiger partial charge >= 0.3 is 5.91 Å². The van der Waals surface area contributed by atoms with Gasteiger partial charge in [0.05, 0.1) is 25.2 Å². The Bertz CT molecular complexity index is 383. The number of benzene rings is 1. The number of quaternary nitrogens is 1. The number of amides is 1. The van der Waals surface area contributed by atoms with Crippen LogP contribution in [0.3, 0.4) is 0 Å². The van der Waals surface area contributed by atoms with Crippen LogP contribution >= 0.6 is 0 Å². The van der Waals surface area contributed by atoms with Gasteiger partial charge in [0.1, 0.15) is 0 Å². The number of carbonyl (C=O) groups excluding carboxylic acids is 1. The van der Waals surface area contributed by atoms with Gasteiger partial charge in [0.15, 0.2) is 0 Å². The predicted molar refractivity (Wildman–Crippen MR) is 90.4 cm³/mol. The van der Waals surface area contributed by atoms with Gasteiger partial charge in [-0.25, -0.2) is 4.79 Å². The Labute approximate surface area is 142 Å². The van der Waals surface area contributed by atoms with E-state index in [1.807, 2.05) is 30.3 Å². The van der Waals surface area contributed by atoms with Crippen LogP contribution in [0.25, 0.3) is 0 Å². The second-order valence-corrected chi connectivity index (χ2v) is 6.05. The van der Waals surface area contributed by atoms with E-state index in [0.717, 1.165) is 63.7 Å². The van der Waals surface area contributed by atoms with Crippen LogP contribution < -0.4 is 12.4 Å². The highest BCUT2D eigenvalue weighted by Crippen LogP contribution is 2.20. The molecule has 0 aromatic heterocycles. The molecule has 0 atom stereocenters. The Morgan fingerprint density at radius 2 is 1.23 bits per heavy atom. The highest BCUT2D eigenvalue weighted by Gasteiger charge is 2.35. The zero-order chi connectivity index (χ0) is 15.6. The van der Waals surface area contributed by atoms with Crippen LogP contribution in [0.5, 0.6) is 0 Å². The van der Waals surface area contributed by atoms with Crippen LogP contribution in [0.2, 0.25) is 0 Å². The first-order valence-electron chi connectivity index (χ1n) is 8.66. The van der Waals surface area contributed by atoms with Crippen LogP contribution in [-0.4, -0.2) is 30.0 Å². The van der Waals surface area contributed by atoms with E-state index in [9.17, 15) is 4.79 Å².